The van der Waals surface area contributed by atoms with E-state index in [1.165, 1.54) is 0 Å². The van der Waals surface area contributed by atoms with Gasteiger partial charge in [-0.3, -0.25) is 0 Å². The van der Waals surface area contributed by atoms with E-state index in [-0.39, 0.29) is 6.04 Å². The van der Waals surface area contributed by atoms with Crippen LogP contribution in [-0.2, 0) is 6.42 Å². The van der Waals surface area contributed by atoms with Crippen LogP contribution >= 0.6 is 23.2 Å². The molecule has 2 rings (SSSR count). The molecule has 1 atom stereocenters. The summed E-state index contributed by atoms with van der Waals surface area (Å²) < 4.78 is 5.11. The molecule has 17 heavy (non-hydrogen) atoms. The summed E-state index contributed by atoms with van der Waals surface area (Å²) in [6.45, 7) is 0. The smallest absolute Gasteiger partial charge is 0.197 e. The van der Waals surface area contributed by atoms with E-state index in [0.29, 0.717) is 5.22 Å². The third-order valence-electron chi connectivity index (χ3n) is 2.70. The molecule has 0 aliphatic heterocycles. The van der Waals surface area contributed by atoms with Gasteiger partial charge in [-0.25, -0.2) is 0 Å². The fraction of sp³-hybridized carbons (Fsp3) is 0.231. The molecule has 1 N–H and O–H groups in total. The average Bonchev–Trinajstić information content (AvgIpc) is 2.72. The van der Waals surface area contributed by atoms with Crippen LogP contribution in [0.2, 0.25) is 10.2 Å². The molecule has 0 bridgehead atoms. The van der Waals surface area contributed by atoms with E-state index >= 15 is 0 Å². The molecule has 0 saturated carbocycles. The summed E-state index contributed by atoms with van der Waals surface area (Å²) in [7, 11) is 1.90. The van der Waals surface area contributed by atoms with Crippen LogP contribution in [0.5, 0.6) is 0 Å². The lowest BCUT2D eigenvalue weighted by molar-refractivity contribution is 0.544. The Morgan fingerprint density at radius 3 is 2.71 bits per heavy atom. The molecule has 1 heterocycles. The summed E-state index contributed by atoms with van der Waals surface area (Å²) in [6, 6.07) is 9.82. The van der Waals surface area contributed by atoms with Crippen molar-refractivity contribution in [3.05, 3.63) is 58.0 Å². The van der Waals surface area contributed by atoms with Gasteiger partial charge in [0, 0.05) is 16.6 Å². The molecule has 0 saturated heterocycles. The van der Waals surface area contributed by atoms with Crippen LogP contribution in [0.4, 0.5) is 0 Å². The van der Waals surface area contributed by atoms with Crippen molar-refractivity contribution in [2.45, 2.75) is 12.5 Å². The molecule has 2 aromatic rings. The largest absolute Gasteiger partial charge is 0.453 e. The molecule has 1 aromatic heterocycles. The first-order chi connectivity index (χ1) is 8.20. The Morgan fingerprint density at radius 1 is 1.29 bits per heavy atom. The first kappa shape index (κ1) is 12.5. The molecule has 0 spiro atoms. The fourth-order valence-corrected chi connectivity index (χ4v) is 2.28. The molecule has 0 radical (unpaired) electrons. The topological polar surface area (TPSA) is 25.2 Å². The molecule has 0 amide bonds. The van der Waals surface area contributed by atoms with Crippen LogP contribution in [0, 0.1) is 0 Å². The van der Waals surface area contributed by atoms with Crippen molar-refractivity contribution >= 4 is 23.2 Å². The van der Waals surface area contributed by atoms with Crippen molar-refractivity contribution in [1.29, 1.82) is 0 Å². The molecule has 0 aliphatic carbocycles. The number of hydrogen-bond donors (Lipinski definition) is 1. The lowest BCUT2D eigenvalue weighted by atomic mass is 10.0. The third kappa shape index (κ3) is 3.03. The maximum absolute atomic E-state index is 5.98. The minimum atomic E-state index is 0.125. The predicted molar refractivity (Wildman–Crippen MR) is 70.7 cm³/mol. The zero-order valence-corrected chi connectivity index (χ0v) is 10.9. The van der Waals surface area contributed by atoms with Gasteiger partial charge in [0.2, 0.25) is 0 Å². The van der Waals surface area contributed by atoms with Crippen molar-refractivity contribution in [3.8, 4) is 0 Å². The van der Waals surface area contributed by atoms with Crippen LogP contribution in [0.25, 0.3) is 0 Å². The number of rotatable bonds is 4. The van der Waals surface area contributed by atoms with Crippen LogP contribution in [0.3, 0.4) is 0 Å². The van der Waals surface area contributed by atoms with Gasteiger partial charge in [-0.05, 0) is 48.8 Å². The highest BCUT2D eigenvalue weighted by molar-refractivity contribution is 6.30. The standard InChI is InChI=1S/C13H13Cl2NO/c1-16-12(11-5-6-17-13(11)15)8-9-3-2-4-10(14)7-9/h2-7,12,16H,8H2,1H3. The summed E-state index contributed by atoms with van der Waals surface area (Å²) in [5, 5.41) is 4.41. The van der Waals surface area contributed by atoms with E-state index in [1.807, 2.05) is 37.4 Å². The zero-order valence-electron chi connectivity index (χ0n) is 9.41. The van der Waals surface area contributed by atoms with Gasteiger partial charge in [0.1, 0.15) is 0 Å². The van der Waals surface area contributed by atoms with Gasteiger partial charge in [0.25, 0.3) is 0 Å². The highest BCUT2D eigenvalue weighted by Gasteiger charge is 2.15. The second-order valence-corrected chi connectivity index (χ2v) is 4.60. The Balaban J connectivity index is 2.19. The lowest BCUT2D eigenvalue weighted by Crippen LogP contribution is -2.18. The van der Waals surface area contributed by atoms with Gasteiger partial charge in [-0.1, -0.05) is 23.7 Å². The Hall–Kier alpha value is -0.960. The normalized spacial score (nSPS) is 12.6. The number of nitrogens with one attached hydrogen (secondary N) is 1. The molecule has 0 fully saturated rings. The van der Waals surface area contributed by atoms with Crippen molar-refractivity contribution in [2.75, 3.05) is 7.05 Å². The highest BCUT2D eigenvalue weighted by Crippen LogP contribution is 2.27. The average molecular weight is 270 g/mol. The zero-order chi connectivity index (χ0) is 12.3. The summed E-state index contributed by atoms with van der Waals surface area (Å²) in [5.41, 5.74) is 2.13. The van der Waals surface area contributed by atoms with E-state index in [1.54, 1.807) is 6.26 Å². The molecular formula is C13H13Cl2NO. The van der Waals surface area contributed by atoms with E-state index in [0.717, 1.165) is 22.6 Å². The summed E-state index contributed by atoms with van der Waals surface area (Å²) in [6.07, 6.45) is 2.41. The Bertz CT molecular complexity index is 496. The second kappa shape index (κ2) is 5.58. The van der Waals surface area contributed by atoms with E-state index < -0.39 is 0 Å². The van der Waals surface area contributed by atoms with E-state index in [9.17, 15) is 0 Å². The van der Waals surface area contributed by atoms with Crippen LogP contribution in [0.15, 0.2) is 41.0 Å². The Morgan fingerprint density at radius 2 is 2.12 bits per heavy atom. The number of hydrogen-bond acceptors (Lipinski definition) is 2. The second-order valence-electron chi connectivity index (χ2n) is 3.82. The van der Waals surface area contributed by atoms with Crippen molar-refractivity contribution in [1.82, 2.24) is 5.32 Å². The number of halogens is 2. The molecule has 0 aliphatic rings. The van der Waals surface area contributed by atoms with Crippen LogP contribution < -0.4 is 5.32 Å². The minimum absolute atomic E-state index is 0.125. The van der Waals surface area contributed by atoms with Crippen molar-refractivity contribution in [3.63, 3.8) is 0 Å². The molecular weight excluding hydrogens is 257 g/mol. The first-order valence-corrected chi connectivity index (χ1v) is 6.11. The number of furan rings is 1. The number of likely N-dealkylation sites (N-methyl/N-ethyl adjacent to an activating group) is 1. The van der Waals surface area contributed by atoms with Crippen molar-refractivity contribution in [2.24, 2.45) is 0 Å². The Kier molecular flexibility index (Phi) is 4.11. The molecule has 2 nitrogen and oxygen atoms in total. The molecule has 4 heteroatoms. The molecule has 1 aromatic carbocycles. The SMILES string of the molecule is CNC(Cc1cccc(Cl)c1)c1ccoc1Cl. The summed E-state index contributed by atoms with van der Waals surface area (Å²) >= 11 is 11.9. The van der Waals surface area contributed by atoms with Gasteiger partial charge in [-0.15, -0.1) is 0 Å². The maximum atomic E-state index is 5.98. The summed E-state index contributed by atoms with van der Waals surface area (Å²) in [4.78, 5) is 0. The lowest BCUT2D eigenvalue weighted by Gasteiger charge is -2.15. The fourth-order valence-electron chi connectivity index (χ4n) is 1.82. The monoisotopic (exact) mass is 269 g/mol. The molecule has 90 valence electrons. The Labute approximate surface area is 111 Å². The van der Waals surface area contributed by atoms with Crippen LogP contribution in [-0.4, -0.2) is 7.05 Å². The predicted octanol–water partition coefficient (Wildman–Crippen LogP) is 4.09. The minimum Gasteiger partial charge on any atom is -0.453 e. The quantitative estimate of drug-likeness (QED) is 0.905. The van der Waals surface area contributed by atoms with E-state index in [4.69, 9.17) is 27.6 Å². The summed E-state index contributed by atoms with van der Waals surface area (Å²) in [5.74, 6) is 0. The first-order valence-electron chi connectivity index (χ1n) is 5.35. The third-order valence-corrected chi connectivity index (χ3v) is 3.24. The van der Waals surface area contributed by atoms with Crippen molar-refractivity contribution < 1.29 is 4.42 Å². The van der Waals surface area contributed by atoms with Gasteiger partial charge < -0.3 is 9.73 Å². The van der Waals surface area contributed by atoms with Gasteiger partial charge in [0.05, 0.1) is 6.26 Å². The van der Waals surface area contributed by atoms with Gasteiger partial charge in [-0.2, -0.15) is 0 Å². The maximum Gasteiger partial charge on any atom is 0.197 e. The highest BCUT2D eigenvalue weighted by atomic mass is 35.5. The van der Waals surface area contributed by atoms with Gasteiger partial charge in [0.15, 0.2) is 5.22 Å². The molecule has 1 unspecified atom stereocenters. The van der Waals surface area contributed by atoms with Crippen LogP contribution in [0.1, 0.15) is 17.2 Å². The van der Waals surface area contributed by atoms with E-state index in [2.05, 4.69) is 5.32 Å². The van der Waals surface area contributed by atoms with Gasteiger partial charge >= 0.3 is 0 Å². The number of benzene rings is 1.